The van der Waals surface area contributed by atoms with Gasteiger partial charge < -0.3 is 5.32 Å². The Balaban J connectivity index is 2.01. The molecule has 1 aromatic heterocycles. The predicted octanol–water partition coefficient (Wildman–Crippen LogP) is 3.96. The normalized spacial score (nSPS) is 12.9. The van der Waals surface area contributed by atoms with Gasteiger partial charge in [-0.1, -0.05) is 45.0 Å². The van der Waals surface area contributed by atoms with Gasteiger partial charge in [-0.2, -0.15) is 5.10 Å². The molecule has 0 saturated carbocycles. The number of hydrogen-bond acceptors (Lipinski definition) is 2. The van der Waals surface area contributed by atoms with Gasteiger partial charge in [-0.15, -0.1) is 0 Å². The van der Waals surface area contributed by atoms with Crippen LogP contribution in [0.2, 0.25) is 0 Å². The van der Waals surface area contributed by atoms with E-state index in [1.54, 1.807) is 0 Å². The first-order chi connectivity index (χ1) is 10.0. The van der Waals surface area contributed by atoms with Crippen molar-refractivity contribution in [3.05, 3.63) is 52.8 Å². The predicted molar refractivity (Wildman–Crippen MR) is 88.4 cm³/mol. The third-order valence-corrected chi connectivity index (χ3v) is 3.97. The Hall–Kier alpha value is -1.61. The van der Waals surface area contributed by atoms with E-state index < -0.39 is 0 Å². The van der Waals surface area contributed by atoms with E-state index in [0.717, 1.165) is 13.0 Å². The lowest BCUT2D eigenvalue weighted by molar-refractivity contribution is 0.570. The van der Waals surface area contributed by atoms with Crippen molar-refractivity contribution < 1.29 is 0 Å². The Bertz CT molecular complexity index is 567. The van der Waals surface area contributed by atoms with Crippen LogP contribution in [0.1, 0.15) is 62.0 Å². The maximum Gasteiger partial charge on any atom is 0.0694 e. The zero-order chi connectivity index (χ0) is 15.4. The highest BCUT2D eigenvalue weighted by atomic mass is 15.3. The van der Waals surface area contributed by atoms with Gasteiger partial charge in [0.05, 0.1) is 5.69 Å². The average molecular weight is 285 g/mol. The van der Waals surface area contributed by atoms with E-state index in [4.69, 9.17) is 0 Å². The third kappa shape index (κ3) is 3.94. The average Bonchev–Trinajstić information content (AvgIpc) is 2.86. The molecule has 0 spiro atoms. The second-order valence-electron chi connectivity index (χ2n) is 6.07. The molecule has 0 fully saturated rings. The highest BCUT2D eigenvalue weighted by Crippen LogP contribution is 2.19. The molecule has 0 aliphatic carbocycles. The summed E-state index contributed by atoms with van der Waals surface area (Å²) in [5.74, 6) is 0.460. The fourth-order valence-corrected chi connectivity index (χ4v) is 2.60. The van der Waals surface area contributed by atoms with Crippen molar-refractivity contribution in [2.45, 2.75) is 52.6 Å². The number of nitrogens with one attached hydrogen (secondary N) is 1. The van der Waals surface area contributed by atoms with E-state index in [2.05, 4.69) is 68.6 Å². The lowest BCUT2D eigenvalue weighted by Crippen LogP contribution is -2.18. The quantitative estimate of drug-likeness (QED) is 0.870. The molecule has 3 nitrogen and oxygen atoms in total. The Morgan fingerprint density at radius 2 is 1.81 bits per heavy atom. The number of aryl methyl sites for hydroxylation is 2. The molecule has 3 heteroatoms. The highest BCUT2D eigenvalue weighted by Gasteiger charge is 2.12. The van der Waals surface area contributed by atoms with E-state index in [9.17, 15) is 0 Å². The van der Waals surface area contributed by atoms with Gasteiger partial charge in [-0.05, 0) is 30.4 Å². The van der Waals surface area contributed by atoms with Crippen LogP contribution in [0.4, 0.5) is 0 Å². The van der Waals surface area contributed by atoms with Crippen LogP contribution in [0.3, 0.4) is 0 Å². The first-order valence-electron chi connectivity index (χ1n) is 7.85. The summed E-state index contributed by atoms with van der Waals surface area (Å²) >= 11 is 0. The van der Waals surface area contributed by atoms with E-state index in [-0.39, 0.29) is 0 Å². The van der Waals surface area contributed by atoms with Crippen LogP contribution in [0, 0.1) is 0 Å². The number of hydrogen-bond donors (Lipinski definition) is 1. The molecule has 1 atom stereocenters. The molecular weight excluding hydrogens is 258 g/mol. The number of benzene rings is 1. The molecule has 0 radical (unpaired) electrons. The summed E-state index contributed by atoms with van der Waals surface area (Å²) in [4.78, 5) is 0. The van der Waals surface area contributed by atoms with Crippen molar-refractivity contribution in [3.8, 4) is 0 Å². The van der Waals surface area contributed by atoms with Gasteiger partial charge in [-0.25, -0.2) is 0 Å². The maximum absolute atomic E-state index is 4.56. The molecule has 114 valence electrons. The van der Waals surface area contributed by atoms with Gasteiger partial charge in [0.25, 0.3) is 0 Å². The summed E-state index contributed by atoms with van der Waals surface area (Å²) in [7, 11) is 1.99. The van der Waals surface area contributed by atoms with Crippen LogP contribution in [-0.4, -0.2) is 9.78 Å². The number of nitrogens with zero attached hydrogens (tertiary/aromatic N) is 2. The summed E-state index contributed by atoms with van der Waals surface area (Å²) < 4.78 is 1.91. The minimum Gasteiger partial charge on any atom is -0.306 e. The molecule has 1 N–H and O–H groups in total. The Morgan fingerprint density at radius 3 is 2.38 bits per heavy atom. The molecule has 2 rings (SSSR count). The van der Waals surface area contributed by atoms with Crippen LogP contribution >= 0.6 is 0 Å². The Labute approximate surface area is 128 Å². The van der Waals surface area contributed by atoms with Crippen LogP contribution in [-0.2, 0) is 20.0 Å². The van der Waals surface area contributed by atoms with Crippen LogP contribution in [0.15, 0.2) is 30.5 Å². The molecule has 0 aliphatic rings. The lowest BCUT2D eigenvalue weighted by Gasteiger charge is -2.15. The van der Waals surface area contributed by atoms with E-state index in [1.165, 1.54) is 22.4 Å². The summed E-state index contributed by atoms with van der Waals surface area (Å²) in [6.45, 7) is 9.65. The molecule has 1 aromatic carbocycles. The first-order valence-corrected chi connectivity index (χ1v) is 7.85. The van der Waals surface area contributed by atoms with Crippen molar-refractivity contribution in [2.75, 3.05) is 0 Å². The summed E-state index contributed by atoms with van der Waals surface area (Å²) in [5.41, 5.74) is 5.21. The fourth-order valence-electron chi connectivity index (χ4n) is 2.60. The van der Waals surface area contributed by atoms with Crippen LogP contribution < -0.4 is 5.32 Å². The molecule has 2 aromatic rings. The lowest BCUT2D eigenvalue weighted by atomic mass is 10.0. The van der Waals surface area contributed by atoms with Gasteiger partial charge in [-0.3, -0.25) is 4.68 Å². The first kappa shape index (κ1) is 15.8. The van der Waals surface area contributed by atoms with E-state index in [0.29, 0.717) is 12.0 Å². The van der Waals surface area contributed by atoms with Gasteiger partial charge in [0.1, 0.15) is 0 Å². The minimum atomic E-state index is 0.344. The zero-order valence-corrected chi connectivity index (χ0v) is 13.9. The molecule has 21 heavy (non-hydrogen) atoms. The maximum atomic E-state index is 4.56. The largest absolute Gasteiger partial charge is 0.306 e. The SMILES string of the molecule is CCc1ccc(C(C)NCc2cn(C)nc2C(C)C)cc1. The van der Waals surface area contributed by atoms with Crippen LogP contribution in [0.25, 0.3) is 0 Å². The van der Waals surface area contributed by atoms with Crippen LogP contribution in [0.5, 0.6) is 0 Å². The van der Waals surface area contributed by atoms with Gasteiger partial charge in [0, 0.05) is 31.4 Å². The van der Waals surface area contributed by atoms with Crippen molar-refractivity contribution >= 4 is 0 Å². The van der Waals surface area contributed by atoms with E-state index in [1.807, 2.05) is 11.7 Å². The summed E-state index contributed by atoms with van der Waals surface area (Å²) in [6.07, 6.45) is 3.21. The Morgan fingerprint density at radius 1 is 1.14 bits per heavy atom. The monoisotopic (exact) mass is 285 g/mol. The topological polar surface area (TPSA) is 29.9 Å². The van der Waals surface area contributed by atoms with Gasteiger partial charge in [0.2, 0.25) is 0 Å². The van der Waals surface area contributed by atoms with Crippen molar-refractivity contribution in [1.29, 1.82) is 0 Å². The molecule has 1 heterocycles. The molecule has 0 aliphatic heterocycles. The fraction of sp³-hybridized carbons (Fsp3) is 0.500. The Kier molecular flexibility index (Phi) is 5.18. The highest BCUT2D eigenvalue weighted by molar-refractivity contribution is 5.25. The minimum absolute atomic E-state index is 0.344. The summed E-state index contributed by atoms with van der Waals surface area (Å²) in [5, 5.41) is 8.17. The van der Waals surface area contributed by atoms with Crippen molar-refractivity contribution in [2.24, 2.45) is 7.05 Å². The zero-order valence-electron chi connectivity index (χ0n) is 13.9. The van der Waals surface area contributed by atoms with Crippen molar-refractivity contribution in [1.82, 2.24) is 15.1 Å². The van der Waals surface area contributed by atoms with Gasteiger partial charge >= 0.3 is 0 Å². The molecule has 0 saturated heterocycles. The van der Waals surface area contributed by atoms with Gasteiger partial charge in [0.15, 0.2) is 0 Å². The second kappa shape index (κ2) is 6.90. The smallest absolute Gasteiger partial charge is 0.0694 e. The number of rotatable bonds is 6. The molecule has 0 amide bonds. The second-order valence-corrected chi connectivity index (χ2v) is 6.07. The molecular formula is C18H27N3. The summed E-state index contributed by atoms with van der Waals surface area (Å²) in [6, 6.07) is 9.23. The van der Waals surface area contributed by atoms with Crippen molar-refractivity contribution in [3.63, 3.8) is 0 Å². The standard InChI is InChI=1S/C18H27N3/c1-6-15-7-9-16(10-8-15)14(4)19-11-17-12-21(5)20-18(17)13(2)3/h7-10,12-14,19H,6,11H2,1-5H3. The molecule has 0 bridgehead atoms. The third-order valence-electron chi connectivity index (χ3n) is 3.97. The molecule has 1 unspecified atom stereocenters. The number of aromatic nitrogens is 2. The van der Waals surface area contributed by atoms with E-state index >= 15 is 0 Å².